The maximum atomic E-state index is 12.7. The van der Waals surface area contributed by atoms with Gasteiger partial charge in [0.1, 0.15) is 0 Å². The van der Waals surface area contributed by atoms with E-state index in [9.17, 15) is 9.59 Å². The number of ether oxygens (including phenoxy) is 4. The molecule has 0 aromatic heterocycles. The molecule has 1 N–H and O–H groups in total. The minimum Gasteiger partial charge on any atom is -0.493 e. The number of benzene rings is 2. The first-order valence-corrected chi connectivity index (χ1v) is 11.6. The van der Waals surface area contributed by atoms with E-state index in [-0.39, 0.29) is 17.9 Å². The van der Waals surface area contributed by atoms with Gasteiger partial charge < -0.3 is 29.2 Å². The zero-order valence-electron chi connectivity index (χ0n) is 20.4. The van der Waals surface area contributed by atoms with Crippen molar-refractivity contribution in [2.24, 2.45) is 0 Å². The summed E-state index contributed by atoms with van der Waals surface area (Å²) in [6.45, 7) is 3.75. The largest absolute Gasteiger partial charge is 0.493 e. The van der Waals surface area contributed by atoms with Crippen molar-refractivity contribution in [3.8, 4) is 23.0 Å². The predicted molar refractivity (Wildman–Crippen MR) is 129 cm³/mol. The summed E-state index contributed by atoms with van der Waals surface area (Å²) in [7, 11) is 4.71. The fourth-order valence-corrected chi connectivity index (χ4v) is 4.07. The number of likely N-dealkylation sites (tertiary alicyclic amines) is 1. The zero-order valence-corrected chi connectivity index (χ0v) is 20.4. The second-order valence-electron chi connectivity index (χ2n) is 8.12. The van der Waals surface area contributed by atoms with Crippen LogP contribution in [0.5, 0.6) is 23.0 Å². The molecule has 1 fully saturated rings. The van der Waals surface area contributed by atoms with Gasteiger partial charge in [-0.3, -0.25) is 9.59 Å². The van der Waals surface area contributed by atoms with Crippen LogP contribution in [0, 0.1) is 0 Å². The Bertz CT molecular complexity index is 985. The van der Waals surface area contributed by atoms with E-state index >= 15 is 0 Å². The molecule has 8 nitrogen and oxygen atoms in total. The van der Waals surface area contributed by atoms with Gasteiger partial charge >= 0.3 is 0 Å². The number of methoxy groups -OCH3 is 3. The molecule has 184 valence electrons. The Morgan fingerprint density at radius 1 is 0.912 bits per heavy atom. The molecular weight excluding hydrogens is 436 g/mol. The lowest BCUT2D eigenvalue weighted by atomic mass is 10.0. The highest BCUT2D eigenvalue weighted by Crippen LogP contribution is 2.29. The summed E-state index contributed by atoms with van der Waals surface area (Å²) in [5.74, 6) is 2.44. The Labute approximate surface area is 201 Å². The van der Waals surface area contributed by atoms with Crippen molar-refractivity contribution in [3.05, 3.63) is 47.5 Å². The van der Waals surface area contributed by atoms with Crippen LogP contribution in [-0.4, -0.2) is 63.8 Å². The minimum absolute atomic E-state index is 0.0278. The van der Waals surface area contributed by atoms with E-state index in [1.807, 2.05) is 30.0 Å². The summed E-state index contributed by atoms with van der Waals surface area (Å²) in [5, 5.41) is 3.07. The number of rotatable bonds is 10. The lowest BCUT2D eigenvalue weighted by Gasteiger charge is -2.32. The van der Waals surface area contributed by atoms with Crippen molar-refractivity contribution in [3.63, 3.8) is 0 Å². The van der Waals surface area contributed by atoms with Crippen LogP contribution < -0.4 is 24.3 Å². The number of hydrogen-bond donors (Lipinski definition) is 1. The van der Waals surface area contributed by atoms with E-state index < -0.39 is 0 Å². The average Bonchev–Trinajstić information content (AvgIpc) is 2.87. The van der Waals surface area contributed by atoms with Gasteiger partial charge in [-0.1, -0.05) is 6.07 Å². The number of carbonyl (C=O) groups excluding carboxylic acids is 2. The first-order valence-electron chi connectivity index (χ1n) is 11.6. The Kier molecular flexibility index (Phi) is 9.01. The minimum atomic E-state index is -0.157. The summed E-state index contributed by atoms with van der Waals surface area (Å²) in [4.78, 5) is 27.3. The van der Waals surface area contributed by atoms with Gasteiger partial charge in [0.2, 0.25) is 5.91 Å². The van der Waals surface area contributed by atoms with Gasteiger partial charge in [0.05, 0.1) is 27.9 Å². The fraction of sp³-hybridized carbons (Fsp3) is 0.462. The van der Waals surface area contributed by atoms with Crippen molar-refractivity contribution in [1.29, 1.82) is 0 Å². The van der Waals surface area contributed by atoms with Gasteiger partial charge in [-0.15, -0.1) is 0 Å². The molecule has 1 aliphatic heterocycles. The highest BCUT2D eigenvalue weighted by molar-refractivity contribution is 5.95. The lowest BCUT2D eigenvalue weighted by molar-refractivity contribution is -0.132. The van der Waals surface area contributed by atoms with Crippen LogP contribution in [0.1, 0.15) is 42.1 Å². The summed E-state index contributed by atoms with van der Waals surface area (Å²) >= 11 is 0. The fourth-order valence-electron chi connectivity index (χ4n) is 4.07. The zero-order chi connectivity index (χ0) is 24.5. The Balaban J connectivity index is 1.47. The molecule has 34 heavy (non-hydrogen) atoms. The molecule has 2 aromatic rings. The molecule has 1 aliphatic rings. The summed E-state index contributed by atoms with van der Waals surface area (Å²) in [6, 6.07) is 10.9. The third-order valence-electron chi connectivity index (χ3n) is 5.98. The van der Waals surface area contributed by atoms with Crippen molar-refractivity contribution >= 4 is 11.8 Å². The monoisotopic (exact) mass is 470 g/mol. The highest BCUT2D eigenvalue weighted by atomic mass is 16.5. The van der Waals surface area contributed by atoms with Crippen molar-refractivity contribution in [2.75, 3.05) is 41.0 Å². The van der Waals surface area contributed by atoms with Crippen LogP contribution in [0.4, 0.5) is 0 Å². The third kappa shape index (κ3) is 6.34. The average molecular weight is 471 g/mol. The molecule has 2 aromatic carbocycles. The number of amides is 2. The van der Waals surface area contributed by atoms with Crippen LogP contribution in [0.2, 0.25) is 0 Å². The third-order valence-corrected chi connectivity index (χ3v) is 5.98. The smallest absolute Gasteiger partial charge is 0.251 e. The maximum Gasteiger partial charge on any atom is 0.251 e. The topological polar surface area (TPSA) is 86.3 Å². The summed E-state index contributed by atoms with van der Waals surface area (Å²) in [5.41, 5.74) is 1.55. The number of hydrogen-bond acceptors (Lipinski definition) is 6. The van der Waals surface area contributed by atoms with Crippen molar-refractivity contribution in [1.82, 2.24) is 10.2 Å². The van der Waals surface area contributed by atoms with Crippen LogP contribution in [0.25, 0.3) is 0 Å². The van der Waals surface area contributed by atoms with Gasteiger partial charge in [-0.2, -0.15) is 0 Å². The SMILES string of the molecule is CCOc1ccc(CCC(=O)N2CCC(NC(=O)c3ccc(OC)c(OC)c3)CC2)cc1OC. The number of nitrogens with one attached hydrogen (secondary N) is 1. The molecule has 0 unspecified atom stereocenters. The van der Waals surface area contributed by atoms with E-state index in [4.69, 9.17) is 18.9 Å². The molecule has 0 radical (unpaired) electrons. The van der Waals surface area contributed by atoms with E-state index in [2.05, 4.69) is 5.32 Å². The molecule has 0 aliphatic carbocycles. The van der Waals surface area contributed by atoms with E-state index in [0.717, 1.165) is 18.4 Å². The van der Waals surface area contributed by atoms with E-state index in [0.29, 0.717) is 61.1 Å². The Morgan fingerprint density at radius 3 is 2.21 bits per heavy atom. The van der Waals surface area contributed by atoms with Gasteiger partial charge in [0, 0.05) is 31.1 Å². The second kappa shape index (κ2) is 12.2. The predicted octanol–water partition coefficient (Wildman–Crippen LogP) is 3.46. The molecular formula is C26H34N2O6. The number of nitrogens with zero attached hydrogens (tertiary/aromatic N) is 1. The molecule has 0 saturated carbocycles. The van der Waals surface area contributed by atoms with Crippen LogP contribution in [0.3, 0.4) is 0 Å². The number of aryl methyl sites for hydroxylation is 1. The van der Waals surface area contributed by atoms with E-state index in [1.165, 1.54) is 0 Å². The Hall–Kier alpha value is -3.42. The summed E-state index contributed by atoms with van der Waals surface area (Å²) < 4.78 is 21.4. The summed E-state index contributed by atoms with van der Waals surface area (Å²) in [6.07, 6.45) is 2.51. The van der Waals surface area contributed by atoms with Crippen LogP contribution in [-0.2, 0) is 11.2 Å². The standard InChI is InChI=1S/C26H34N2O6/c1-5-34-22-9-6-18(16-23(22)32-3)7-11-25(29)28-14-12-20(13-15-28)27-26(30)19-8-10-21(31-2)24(17-19)33-4/h6,8-10,16-17,20H,5,7,11-15H2,1-4H3,(H,27,30). The van der Waals surface area contributed by atoms with Crippen molar-refractivity contribution in [2.45, 2.75) is 38.6 Å². The molecule has 0 atom stereocenters. The Morgan fingerprint density at radius 2 is 1.56 bits per heavy atom. The molecule has 2 amide bonds. The molecule has 3 rings (SSSR count). The first-order chi connectivity index (χ1) is 16.5. The molecule has 1 heterocycles. The molecule has 0 bridgehead atoms. The maximum absolute atomic E-state index is 12.7. The van der Waals surface area contributed by atoms with Gasteiger partial charge in [-0.05, 0) is 62.1 Å². The number of carbonyl (C=O) groups is 2. The van der Waals surface area contributed by atoms with Crippen molar-refractivity contribution < 1.29 is 28.5 Å². The van der Waals surface area contributed by atoms with Gasteiger partial charge in [-0.25, -0.2) is 0 Å². The number of piperidine rings is 1. The second-order valence-corrected chi connectivity index (χ2v) is 8.12. The lowest BCUT2D eigenvalue weighted by Crippen LogP contribution is -2.46. The molecule has 8 heteroatoms. The van der Waals surface area contributed by atoms with Crippen LogP contribution in [0.15, 0.2) is 36.4 Å². The normalized spacial score (nSPS) is 13.8. The first kappa shape index (κ1) is 25.2. The quantitative estimate of drug-likeness (QED) is 0.572. The van der Waals surface area contributed by atoms with E-state index in [1.54, 1.807) is 39.5 Å². The molecule has 0 spiro atoms. The van der Waals surface area contributed by atoms with Crippen LogP contribution >= 0.6 is 0 Å². The molecule has 1 saturated heterocycles. The van der Waals surface area contributed by atoms with Gasteiger partial charge in [0.25, 0.3) is 5.91 Å². The van der Waals surface area contributed by atoms with Gasteiger partial charge in [0.15, 0.2) is 23.0 Å². The highest BCUT2D eigenvalue weighted by Gasteiger charge is 2.24.